The fraction of sp³-hybridized carbons (Fsp3) is 0.696. The van der Waals surface area contributed by atoms with Gasteiger partial charge in [-0.25, -0.2) is 14.6 Å². The highest BCUT2D eigenvalue weighted by atomic mass is 16.7. The maximum absolute atomic E-state index is 12.1. The average molecular weight is 543 g/mol. The van der Waals surface area contributed by atoms with Gasteiger partial charge in [0.15, 0.2) is 12.1 Å². The normalized spacial score (nSPS) is 30.3. The zero-order chi connectivity index (χ0) is 27.8. The number of hydrogen-bond donors (Lipinski definition) is 6. The van der Waals surface area contributed by atoms with Gasteiger partial charge in [-0.1, -0.05) is 19.3 Å². The molecule has 6 atom stereocenters. The van der Waals surface area contributed by atoms with Crippen molar-refractivity contribution < 1.29 is 53.4 Å². The van der Waals surface area contributed by atoms with Crippen LogP contribution in [0.5, 0.6) is 0 Å². The van der Waals surface area contributed by atoms with Crippen molar-refractivity contribution in [3.63, 3.8) is 0 Å². The number of aliphatic imine (C=N–C) groups is 1. The molecule has 38 heavy (non-hydrogen) atoms. The van der Waals surface area contributed by atoms with E-state index in [9.17, 15) is 34.5 Å². The number of nitrogens with zero attached hydrogens (tertiary/aromatic N) is 1. The number of amides is 2. The van der Waals surface area contributed by atoms with Crippen molar-refractivity contribution in [2.24, 2.45) is 16.6 Å². The molecule has 7 N–H and O–H groups in total. The number of aliphatic carboxylic acids is 1. The van der Waals surface area contributed by atoms with Crippen LogP contribution in [0.1, 0.15) is 45.4 Å². The minimum absolute atomic E-state index is 0.0520. The van der Waals surface area contributed by atoms with Gasteiger partial charge < -0.3 is 45.3 Å². The summed E-state index contributed by atoms with van der Waals surface area (Å²) >= 11 is 0. The number of carboxylic acids is 1. The van der Waals surface area contributed by atoms with Gasteiger partial charge >= 0.3 is 18.0 Å². The van der Waals surface area contributed by atoms with Gasteiger partial charge in [0.05, 0.1) is 24.1 Å². The Labute approximate surface area is 218 Å². The van der Waals surface area contributed by atoms with Crippen LogP contribution in [0.25, 0.3) is 0 Å². The average Bonchev–Trinajstić information content (AvgIpc) is 2.86. The lowest BCUT2D eigenvalue weighted by Crippen LogP contribution is -2.62. The van der Waals surface area contributed by atoms with Crippen LogP contribution >= 0.6 is 0 Å². The van der Waals surface area contributed by atoms with E-state index in [2.05, 4.69) is 15.6 Å². The van der Waals surface area contributed by atoms with E-state index in [4.69, 9.17) is 24.7 Å². The number of alkyl carbamates (subject to hydrolysis) is 1. The number of rotatable bonds is 7. The second-order valence-corrected chi connectivity index (χ2v) is 9.30. The van der Waals surface area contributed by atoms with Gasteiger partial charge in [0.1, 0.15) is 12.2 Å². The minimum atomic E-state index is -1.46. The highest BCUT2D eigenvalue weighted by Gasteiger charge is 2.48. The lowest BCUT2D eigenvalue weighted by Gasteiger charge is -2.43. The Hall–Kier alpha value is -3.43. The van der Waals surface area contributed by atoms with Gasteiger partial charge in [-0.05, 0) is 25.3 Å². The highest BCUT2D eigenvalue weighted by molar-refractivity contribution is 5.93. The van der Waals surface area contributed by atoms with Crippen LogP contribution in [0, 0.1) is 5.92 Å². The van der Waals surface area contributed by atoms with E-state index in [1.54, 1.807) is 0 Å². The molecular formula is C23H34N4O11. The first-order valence-electron chi connectivity index (χ1n) is 12.4. The Kier molecular flexibility index (Phi) is 10.3. The van der Waals surface area contributed by atoms with Crippen molar-refractivity contribution in [1.82, 2.24) is 10.6 Å². The van der Waals surface area contributed by atoms with E-state index >= 15 is 0 Å². The molecular weight excluding hydrogens is 508 g/mol. The summed E-state index contributed by atoms with van der Waals surface area (Å²) in [4.78, 5) is 51.9. The summed E-state index contributed by atoms with van der Waals surface area (Å²) in [5.41, 5.74) is 5.82. The van der Waals surface area contributed by atoms with E-state index < -0.39 is 79.0 Å². The van der Waals surface area contributed by atoms with E-state index in [0.717, 1.165) is 38.2 Å². The topological polar surface area (TPSA) is 228 Å². The third-order valence-electron chi connectivity index (χ3n) is 6.51. The first-order valence-corrected chi connectivity index (χ1v) is 12.4. The Morgan fingerprint density at radius 2 is 1.82 bits per heavy atom. The van der Waals surface area contributed by atoms with Gasteiger partial charge in [0.2, 0.25) is 18.5 Å². The predicted octanol–water partition coefficient (Wildman–Crippen LogP) is -1.14. The van der Waals surface area contributed by atoms with Crippen molar-refractivity contribution >= 4 is 29.9 Å². The fourth-order valence-electron chi connectivity index (χ4n) is 4.66. The summed E-state index contributed by atoms with van der Waals surface area (Å²) in [6.07, 6.45) is -0.590. The van der Waals surface area contributed by atoms with Gasteiger partial charge in [-0.15, -0.1) is 0 Å². The van der Waals surface area contributed by atoms with Crippen LogP contribution < -0.4 is 16.4 Å². The number of esters is 1. The summed E-state index contributed by atoms with van der Waals surface area (Å²) < 4.78 is 20.9. The molecule has 0 unspecified atom stereocenters. The molecule has 2 aliphatic heterocycles. The summed E-state index contributed by atoms with van der Waals surface area (Å²) in [5, 5.41) is 34.8. The maximum Gasteiger partial charge on any atom is 0.416 e. The number of hydrogen-bond acceptors (Lipinski definition) is 11. The number of guanidine groups is 1. The maximum atomic E-state index is 12.1. The third-order valence-corrected chi connectivity index (χ3v) is 6.51. The Morgan fingerprint density at radius 1 is 1.11 bits per heavy atom. The smallest absolute Gasteiger partial charge is 0.416 e. The molecule has 15 heteroatoms. The second-order valence-electron chi connectivity index (χ2n) is 9.30. The molecule has 1 saturated carbocycles. The molecule has 15 nitrogen and oxygen atoms in total. The summed E-state index contributed by atoms with van der Waals surface area (Å²) in [7, 11) is 0. The van der Waals surface area contributed by atoms with Gasteiger partial charge in [0, 0.05) is 13.5 Å². The summed E-state index contributed by atoms with van der Waals surface area (Å²) in [6, 6.07) is -2.29. The Balaban J connectivity index is 1.69. The van der Waals surface area contributed by atoms with Crippen LogP contribution in [0.15, 0.2) is 16.8 Å². The Bertz CT molecular complexity index is 950. The lowest BCUT2D eigenvalue weighted by atomic mass is 9.88. The monoisotopic (exact) mass is 542 g/mol. The number of nitrogens with one attached hydrogen (secondary N) is 2. The predicted molar refractivity (Wildman–Crippen MR) is 127 cm³/mol. The SMILES string of the molecule is CC(=O)N[C@H]1[C@H]([C@@H]2OCC[C@@H](O)[C@H]2O)OC(C(=O)O)=C[C@@H]1N=C(N)NC(=O)OCOC(=O)C1CCCCC1. The van der Waals surface area contributed by atoms with E-state index in [1.807, 2.05) is 0 Å². The summed E-state index contributed by atoms with van der Waals surface area (Å²) in [5.74, 6) is -3.74. The first kappa shape index (κ1) is 29.1. The number of aliphatic hydroxyl groups excluding tert-OH is 2. The molecule has 2 fully saturated rings. The van der Waals surface area contributed by atoms with E-state index in [1.165, 1.54) is 6.92 Å². The zero-order valence-electron chi connectivity index (χ0n) is 20.9. The van der Waals surface area contributed by atoms with Gasteiger partial charge in [-0.2, -0.15) is 0 Å². The first-order chi connectivity index (χ1) is 18.1. The molecule has 0 aromatic carbocycles. The highest BCUT2D eigenvalue weighted by Crippen LogP contribution is 2.29. The largest absolute Gasteiger partial charge is 0.478 e. The molecule has 0 aromatic rings. The number of carboxylic acid groups (broad SMARTS) is 1. The van der Waals surface area contributed by atoms with Crippen LogP contribution in [0.3, 0.4) is 0 Å². The van der Waals surface area contributed by atoms with Crippen molar-refractivity contribution in [2.45, 2.75) is 81.9 Å². The summed E-state index contributed by atoms with van der Waals surface area (Å²) in [6.45, 7) is 0.621. The third kappa shape index (κ3) is 7.79. The number of carbonyl (C=O) groups is 4. The lowest BCUT2D eigenvalue weighted by molar-refractivity contribution is -0.185. The van der Waals surface area contributed by atoms with Crippen LogP contribution in [0.2, 0.25) is 0 Å². The molecule has 212 valence electrons. The van der Waals surface area contributed by atoms with Gasteiger partial charge in [0.25, 0.3) is 0 Å². The number of nitrogens with two attached hydrogens (primary N) is 1. The Morgan fingerprint density at radius 3 is 2.47 bits per heavy atom. The molecule has 3 aliphatic rings. The molecule has 1 saturated heterocycles. The molecule has 1 aliphatic carbocycles. The van der Waals surface area contributed by atoms with E-state index in [-0.39, 0.29) is 18.9 Å². The molecule has 0 aromatic heterocycles. The number of aliphatic hydroxyl groups is 2. The molecule has 2 amide bonds. The molecule has 0 spiro atoms. The quantitative estimate of drug-likeness (QED) is 0.0971. The van der Waals surface area contributed by atoms with Crippen LogP contribution in [0.4, 0.5) is 4.79 Å². The van der Waals surface area contributed by atoms with E-state index in [0.29, 0.717) is 0 Å². The second kappa shape index (κ2) is 13.4. The molecule has 0 radical (unpaired) electrons. The van der Waals surface area contributed by atoms with Crippen LogP contribution in [-0.4, -0.2) is 95.1 Å². The molecule has 3 rings (SSSR count). The number of ether oxygens (including phenoxy) is 4. The number of carbonyl (C=O) groups excluding carboxylic acids is 3. The van der Waals surface area contributed by atoms with Crippen LogP contribution in [-0.2, 0) is 33.3 Å². The molecule has 2 heterocycles. The van der Waals surface area contributed by atoms with Crippen molar-refractivity contribution in [2.75, 3.05) is 13.4 Å². The van der Waals surface area contributed by atoms with Crippen molar-refractivity contribution in [3.05, 3.63) is 11.8 Å². The fourth-order valence-corrected chi connectivity index (χ4v) is 4.66. The zero-order valence-corrected chi connectivity index (χ0v) is 20.9. The van der Waals surface area contributed by atoms with Crippen molar-refractivity contribution in [1.29, 1.82) is 0 Å². The van der Waals surface area contributed by atoms with Gasteiger partial charge in [-0.3, -0.25) is 14.9 Å². The van der Waals surface area contributed by atoms with Crippen molar-refractivity contribution in [3.8, 4) is 0 Å². The molecule has 0 bridgehead atoms. The standard InChI is InChI=1S/C23H34N4O11/c1-11(28)25-16-13(9-15(20(31)32)38-18(16)19-17(30)14(29)7-8-35-19)26-22(24)27-23(34)37-10-36-21(33)12-5-3-2-4-6-12/h9,12-14,16-19,29-30H,2-8,10H2,1H3,(H,25,28)(H,31,32)(H3,24,26,27,34)/t13-,14+,16+,17+,18+,19+/m0/s1. The minimum Gasteiger partial charge on any atom is -0.478 e.